The molecule has 0 spiro atoms. The summed E-state index contributed by atoms with van der Waals surface area (Å²) in [6.45, 7) is 5.98. The Morgan fingerprint density at radius 2 is 1.79 bits per heavy atom. The van der Waals surface area contributed by atoms with Gasteiger partial charge in [-0.1, -0.05) is 48.9 Å². The summed E-state index contributed by atoms with van der Waals surface area (Å²) in [4.78, 5) is 24.8. The quantitative estimate of drug-likeness (QED) is 0.469. The van der Waals surface area contributed by atoms with E-state index in [4.69, 9.17) is 9.47 Å². The second-order valence-corrected chi connectivity index (χ2v) is 6.01. The Morgan fingerprint density at radius 3 is 2.25 bits per heavy atom. The summed E-state index contributed by atoms with van der Waals surface area (Å²) < 4.78 is 9.85. The molecule has 1 atom stereocenters. The summed E-state index contributed by atoms with van der Waals surface area (Å²) >= 11 is 0. The third-order valence-electron chi connectivity index (χ3n) is 4.81. The summed E-state index contributed by atoms with van der Waals surface area (Å²) in [5.41, 5.74) is 2.03. The second-order valence-electron chi connectivity index (χ2n) is 6.01. The van der Waals surface area contributed by atoms with Gasteiger partial charge in [0.05, 0.1) is 14.2 Å². The van der Waals surface area contributed by atoms with Gasteiger partial charge < -0.3 is 9.47 Å². The van der Waals surface area contributed by atoms with Crippen LogP contribution in [0.25, 0.3) is 5.57 Å². The molecule has 1 fully saturated rings. The molecule has 1 aromatic rings. The first kappa shape index (κ1) is 18.0. The molecule has 1 aromatic carbocycles. The van der Waals surface area contributed by atoms with Crippen molar-refractivity contribution in [2.45, 2.75) is 26.2 Å². The van der Waals surface area contributed by atoms with Crippen LogP contribution >= 0.6 is 0 Å². The predicted molar refractivity (Wildman–Crippen MR) is 93.0 cm³/mol. The molecule has 0 N–H and O–H groups in total. The van der Waals surface area contributed by atoms with Crippen LogP contribution in [0.15, 0.2) is 48.6 Å². The van der Waals surface area contributed by atoms with Crippen LogP contribution in [0.1, 0.15) is 31.7 Å². The van der Waals surface area contributed by atoms with Gasteiger partial charge >= 0.3 is 11.9 Å². The van der Waals surface area contributed by atoms with Crippen molar-refractivity contribution in [3.63, 3.8) is 0 Å². The highest BCUT2D eigenvalue weighted by Gasteiger charge is 2.55. The van der Waals surface area contributed by atoms with Crippen LogP contribution in [0.4, 0.5) is 0 Å². The molecule has 0 radical (unpaired) electrons. The van der Waals surface area contributed by atoms with E-state index in [1.165, 1.54) is 14.2 Å². The number of methoxy groups -OCH3 is 2. The van der Waals surface area contributed by atoms with E-state index in [1.54, 1.807) is 0 Å². The zero-order valence-corrected chi connectivity index (χ0v) is 14.5. The van der Waals surface area contributed by atoms with Gasteiger partial charge in [-0.2, -0.15) is 0 Å². The van der Waals surface area contributed by atoms with Crippen molar-refractivity contribution in [2.75, 3.05) is 14.2 Å². The molecule has 0 amide bonds. The van der Waals surface area contributed by atoms with E-state index in [0.29, 0.717) is 12.8 Å². The molecule has 2 rings (SSSR count). The molecule has 0 aliphatic heterocycles. The van der Waals surface area contributed by atoms with Gasteiger partial charge in [0.2, 0.25) is 0 Å². The first-order chi connectivity index (χ1) is 11.5. The zero-order chi connectivity index (χ0) is 17.7. The molecule has 1 unspecified atom stereocenters. The Morgan fingerprint density at radius 1 is 1.21 bits per heavy atom. The third-order valence-corrected chi connectivity index (χ3v) is 4.81. The maximum Gasteiger partial charge on any atom is 0.323 e. The lowest BCUT2D eigenvalue weighted by Gasteiger charge is -2.22. The van der Waals surface area contributed by atoms with E-state index in [1.807, 2.05) is 36.4 Å². The van der Waals surface area contributed by atoms with E-state index in [2.05, 4.69) is 13.5 Å². The van der Waals surface area contributed by atoms with Crippen LogP contribution in [0.3, 0.4) is 0 Å². The van der Waals surface area contributed by atoms with Crippen LogP contribution < -0.4 is 0 Å². The topological polar surface area (TPSA) is 52.6 Å². The molecule has 4 nitrogen and oxygen atoms in total. The van der Waals surface area contributed by atoms with Gasteiger partial charge in [0, 0.05) is 0 Å². The van der Waals surface area contributed by atoms with Gasteiger partial charge in [-0.05, 0) is 36.3 Å². The minimum atomic E-state index is -1.28. The molecule has 0 heterocycles. The van der Waals surface area contributed by atoms with Gasteiger partial charge in [0.25, 0.3) is 0 Å². The number of hydrogen-bond donors (Lipinski definition) is 0. The molecule has 0 bridgehead atoms. The van der Waals surface area contributed by atoms with E-state index in [0.717, 1.165) is 23.1 Å². The minimum absolute atomic E-state index is 0.0571. The maximum absolute atomic E-state index is 12.4. The van der Waals surface area contributed by atoms with Crippen LogP contribution in [0, 0.1) is 11.3 Å². The number of allylic oxidation sites excluding steroid dienone is 3. The average molecular weight is 328 g/mol. The number of rotatable bonds is 5. The highest BCUT2D eigenvalue weighted by molar-refractivity contribution is 6.01. The van der Waals surface area contributed by atoms with Gasteiger partial charge in [0.1, 0.15) is 0 Å². The number of hydrogen-bond acceptors (Lipinski definition) is 4. The molecule has 0 saturated heterocycles. The van der Waals surface area contributed by atoms with Gasteiger partial charge in [-0.3, -0.25) is 9.59 Å². The fourth-order valence-corrected chi connectivity index (χ4v) is 3.62. The lowest BCUT2D eigenvalue weighted by molar-refractivity contribution is -0.168. The number of carbonyl (C=O) groups excluding carboxylic acids is 2. The first-order valence-corrected chi connectivity index (χ1v) is 8.10. The summed E-state index contributed by atoms with van der Waals surface area (Å²) in [5, 5.41) is 0. The van der Waals surface area contributed by atoms with Crippen molar-refractivity contribution in [3.8, 4) is 0 Å². The summed E-state index contributed by atoms with van der Waals surface area (Å²) in [5.74, 6) is -1.14. The first-order valence-electron chi connectivity index (χ1n) is 8.10. The lowest BCUT2D eigenvalue weighted by atomic mass is 9.85. The number of esters is 2. The van der Waals surface area contributed by atoms with Gasteiger partial charge in [-0.25, -0.2) is 0 Å². The Hall–Kier alpha value is -2.36. The Balaban J connectivity index is 2.58. The monoisotopic (exact) mass is 328 g/mol. The smallest absolute Gasteiger partial charge is 0.323 e. The maximum atomic E-state index is 12.4. The summed E-state index contributed by atoms with van der Waals surface area (Å²) in [6, 6.07) is 10.0. The van der Waals surface area contributed by atoms with Gasteiger partial charge in [-0.15, -0.1) is 6.58 Å². The fraction of sp³-hybridized carbons (Fsp3) is 0.400. The molecule has 24 heavy (non-hydrogen) atoms. The number of carbonyl (C=O) groups is 2. The van der Waals surface area contributed by atoms with Crippen molar-refractivity contribution in [2.24, 2.45) is 11.3 Å². The van der Waals surface area contributed by atoms with Crippen LogP contribution in [-0.4, -0.2) is 26.2 Å². The van der Waals surface area contributed by atoms with Crippen molar-refractivity contribution >= 4 is 17.5 Å². The largest absolute Gasteiger partial charge is 0.468 e. The number of benzene rings is 1. The molecule has 0 aromatic heterocycles. The minimum Gasteiger partial charge on any atom is -0.468 e. The standard InChI is InChI=1S/C20H24O4/c1-5-14-12-20(18(21)23-3,19(22)24-4)13-17(14)16(6-2)15-10-8-7-9-11-15/h5,7-11,14H,1,6,12-13H2,2-4H3/b17-16-. The molecule has 1 aliphatic rings. The van der Waals surface area contributed by atoms with Crippen molar-refractivity contribution in [1.82, 2.24) is 0 Å². The molecular weight excluding hydrogens is 304 g/mol. The zero-order valence-electron chi connectivity index (χ0n) is 14.5. The molecule has 4 heteroatoms. The van der Waals surface area contributed by atoms with Crippen molar-refractivity contribution < 1.29 is 19.1 Å². The van der Waals surface area contributed by atoms with E-state index in [-0.39, 0.29) is 5.92 Å². The fourth-order valence-electron chi connectivity index (χ4n) is 3.62. The molecular formula is C20H24O4. The van der Waals surface area contributed by atoms with E-state index < -0.39 is 17.4 Å². The molecule has 128 valence electrons. The summed E-state index contributed by atoms with van der Waals surface area (Å²) in [7, 11) is 2.60. The van der Waals surface area contributed by atoms with Gasteiger partial charge in [0.15, 0.2) is 5.41 Å². The van der Waals surface area contributed by atoms with Crippen molar-refractivity contribution in [3.05, 3.63) is 54.1 Å². The highest BCUT2D eigenvalue weighted by Crippen LogP contribution is 2.50. The van der Waals surface area contributed by atoms with E-state index in [9.17, 15) is 9.59 Å². The number of ether oxygens (including phenoxy) is 2. The lowest BCUT2D eigenvalue weighted by Crippen LogP contribution is -2.39. The molecule has 1 aliphatic carbocycles. The highest BCUT2D eigenvalue weighted by atomic mass is 16.5. The second kappa shape index (κ2) is 7.47. The van der Waals surface area contributed by atoms with E-state index >= 15 is 0 Å². The Labute approximate surface area is 143 Å². The predicted octanol–water partition coefficient (Wildman–Crippen LogP) is 3.78. The summed E-state index contributed by atoms with van der Waals surface area (Å²) in [6.07, 6.45) is 3.26. The normalized spacial score (nSPS) is 21.0. The Kier molecular flexibility index (Phi) is 5.60. The van der Waals surface area contributed by atoms with Crippen LogP contribution in [0.5, 0.6) is 0 Å². The average Bonchev–Trinajstić information content (AvgIpc) is 3.02. The van der Waals surface area contributed by atoms with Crippen LogP contribution in [0.2, 0.25) is 0 Å². The SMILES string of the molecule is C=CC1CC(C(=O)OC)(C(=O)OC)C/C1=C(\CC)c1ccccc1. The Bertz CT molecular complexity index is 641. The third kappa shape index (κ3) is 3.01. The van der Waals surface area contributed by atoms with Crippen molar-refractivity contribution in [1.29, 1.82) is 0 Å². The van der Waals surface area contributed by atoms with Crippen LogP contribution in [-0.2, 0) is 19.1 Å². The molecule has 1 saturated carbocycles.